The first-order chi connectivity index (χ1) is 12.9. The van der Waals surface area contributed by atoms with Crippen molar-refractivity contribution in [2.24, 2.45) is 7.05 Å². The molecule has 3 heterocycles. The number of amides is 2. The van der Waals surface area contributed by atoms with Gasteiger partial charge in [-0.2, -0.15) is 10.2 Å². The molecular formula is C17H19ClN6O3. The summed E-state index contributed by atoms with van der Waals surface area (Å²) < 4.78 is 8.15. The molecule has 0 aliphatic heterocycles. The summed E-state index contributed by atoms with van der Waals surface area (Å²) in [5, 5.41) is 14.0. The minimum atomic E-state index is -0.473. The van der Waals surface area contributed by atoms with E-state index in [1.54, 1.807) is 37.0 Å². The van der Waals surface area contributed by atoms with Gasteiger partial charge in [0.2, 0.25) is 0 Å². The molecule has 3 aromatic rings. The summed E-state index contributed by atoms with van der Waals surface area (Å²) in [5.41, 5.74) is 1.14. The Morgan fingerprint density at radius 2 is 2.07 bits per heavy atom. The van der Waals surface area contributed by atoms with Gasteiger partial charge in [0.15, 0.2) is 5.69 Å². The molecule has 10 heteroatoms. The number of hydrogen-bond acceptors (Lipinski definition) is 5. The molecule has 0 aliphatic rings. The molecule has 142 valence electrons. The van der Waals surface area contributed by atoms with Crippen molar-refractivity contribution >= 4 is 29.1 Å². The Kier molecular flexibility index (Phi) is 5.31. The molecule has 0 aliphatic carbocycles. The number of anilines is 1. The van der Waals surface area contributed by atoms with Crippen LogP contribution in [0.15, 0.2) is 29.0 Å². The van der Waals surface area contributed by atoms with Crippen molar-refractivity contribution in [3.8, 4) is 0 Å². The third kappa shape index (κ3) is 3.87. The number of furan rings is 1. The fourth-order valence-electron chi connectivity index (χ4n) is 2.57. The lowest BCUT2D eigenvalue weighted by molar-refractivity contribution is 0.0943. The van der Waals surface area contributed by atoms with Crippen molar-refractivity contribution in [2.75, 3.05) is 5.32 Å². The monoisotopic (exact) mass is 390 g/mol. The van der Waals surface area contributed by atoms with Gasteiger partial charge in [-0.1, -0.05) is 11.6 Å². The minimum absolute atomic E-state index is 0.103. The average molecular weight is 391 g/mol. The normalized spacial score (nSPS) is 10.8. The fraction of sp³-hybridized carbons (Fsp3) is 0.294. The standard InChI is InChI=1S/C17H19ClN6O3/c1-4-24-9-12(20-17(26)15-13(18)10(2)21-23(15)3)14(22-24)16(25)19-8-11-6-5-7-27-11/h5-7,9H,4,8H2,1-3H3,(H,19,25)(H,20,26). The second kappa shape index (κ2) is 7.67. The maximum Gasteiger partial charge on any atom is 0.275 e. The minimum Gasteiger partial charge on any atom is -0.467 e. The van der Waals surface area contributed by atoms with Crippen LogP contribution in [0.2, 0.25) is 5.02 Å². The Hall–Kier alpha value is -3.07. The zero-order chi connectivity index (χ0) is 19.6. The number of carbonyl (C=O) groups is 2. The second-order valence-corrected chi connectivity index (χ2v) is 6.21. The van der Waals surface area contributed by atoms with E-state index in [2.05, 4.69) is 20.8 Å². The Labute approximate surface area is 160 Å². The topological polar surface area (TPSA) is 107 Å². The molecule has 0 bridgehead atoms. The lowest BCUT2D eigenvalue weighted by atomic mass is 10.3. The number of halogens is 1. The molecule has 3 rings (SSSR count). The largest absolute Gasteiger partial charge is 0.467 e. The van der Waals surface area contributed by atoms with Crippen molar-refractivity contribution < 1.29 is 14.0 Å². The summed E-state index contributed by atoms with van der Waals surface area (Å²) >= 11 is 6.16. The van der Waals surface area contributed by atoms with E-state index in [1.807, 2.05) is 6.92 Å². The highest BCUT2D eigenvalue weighted by Gasteiger charge is 2.23. The molecule has 0 atom stereocenters. The van der Waals surface area contributed by atoms with Gasteiger partial charge in [-0.05, 0) is 26.0 Å². The molecule has 0 saturated carbocycles. The maximum atomic E-state index is 12.6. The molecule has 0 fully saturated rings. The van der Waals surface area contributed by atoms with Gasteiger partial charge in [0.25, 0.3) is 11.8 Å². The van der Waals surface area contributed by atoms with E-state index in [0.717, 1.165) is 0 Å². The highest BCUT2D eigenvalue weighted by Crippen LogP contribution is 2.22. The van der Waals surface area contributed by atoms with Gasteiger partial charge in [0, 0.05) is 19.8 Å². The number of aromatic nitrogens is 4. The average Bonchev–Trinajstić information content (AvgIpc) is 3.33. The Morgan fingerprint density at radius 1 is 1.30 bits per heavy atom. The van der Waals surface area contributed by atoms with Crippen LogP contribution in [0.1, 0.15) is 39.4 Å². The van der Waals surface area contributed by atoms with Crippen LogP contribution >= 0.6 is 11.6 Å². The molecular weight excluding hydrogens is 372 g/mol. The van der Waals surface area contributed by atoms with Crippen LogP contribution in [0.3, 0.4) is 0 Å². The molecule has 0 saturated heterocycles. The van der Waals surface area contributed by atoms with Crippen molar-refractivity contribution in [1.82, 2.24) is 24.9 Å². The highest BCUT2D eigenvalue weighted by molar-refractivity contribution is 6.34. The molecule has 27 heavy (non-hydrogen) atoms. The quantitative estimate of drug-likeness (QED) is 0.672. The van der Waals surface area contributed by atoms with Crippen LogP contribution in [-0.2, 0) is 20.1 Å². The summed E-state index contributed by atoms with van der Waals surface area (Å²) in [6.07, 6.45) is 3.12. The maximum absolute atomic E-state index is 12.6. The SMILES string of the molecule is CCn1cc(NC(=O)c2c(Cl)c(C)nn2C)c(C(=O)NCc2ccco2)n1. The van der Waals surface area contributed by atoms with E-state index in [9.17, 15) is 9.59 Å². The molecule has 0 aromatic carbocycles. The summed E-state index contributed by atoms with van der Waals surface area (Å²) in [7, 11) is 1.63. The van der Waals surface area contributed by atoms with E-state index in [1.165, 1.54) is 10.9 Å². The predicted molar refractivity (Wildman–Crippen MR) is 98.7 cm³/mol. The first-order valence-corrected chi connectivity index (χ1v) is 8.67. The molecule has 3 aromatic heterocycles. The number of hydrogen-bond donors (Lipinski definition) is 2. The smallest absolute Gasteiger partial charge is 0.275 e. The zero-order valence-electron chi connectivity index (χ0n) is 15.1. The summed E-state index contributed by atoms with van der Waals surface area (Å²) in [6.45, 7) is 4.34. The first-order valence-electron chi connectivity index (χ1n) is 8.29. The van der Waals surface area contributed by atoms with Crippen LogP contribution < -0.4 is 10.6 Å². The molecule has 9 nitrogen and oxygen atoms in total. The Balaban J connectivity index is 1.81. The van der Waals surface area contributed by atoms with E-state index in [0.29, 0.717) is 18.0 Å². The summed E-state index contributed by atoms with van der Waals surface area (Å²) in [5.74, 6) is -0.291. The van der Waals surface area contributed by atoms with E-state index < -0.39 is 11.8 Å². The van der Waals surface area contributed by atoms with E-state index in [-0.39, 0.29) is 28.6 Å². The van der Waals surface area contributed by atoms with Crippen LogP contribution in [0.25, 0.3) is 0 Å². The molecule has 0 unspecified atom stereocenters. The number of rotatable bonds is 6. The molecule has 2 amide bonds. The van der Waals surface area contributed by atoms with Crippen LogP contribution in [0, 0.1) is 6.92 Å². The lowest BCUT2D eigenvalue weighted by Crippen LogP contribution is -2.25. The van der Waals surface area contributed by atoms with Gasteiger partial charge in [-0.3, -0.25) is 19.0 Å². The molecule has 2 N–H and O–H groups in total. The fourth-order valence-corrected chi connectivity index (χ4v) is 2.81. The Morgan fingerprint density at radius 3 is 2.67 bits per heavy atom. The van der Waals surface area contributed by atoms with Gasteiger partial charge in [-0.15, -0.1) is 0 Å². The Bertz CT molecular complexity index is 973. The van der Waals surface area contributed by atoms with Crippen LogP contribution in [0.4, 0.5) is 5.69 Å². The van der Waals surface area contributed by atoms with Crippen LogP contribution in [-0.4, -0.2) is 31.4 Å². The second-order valence-electron chi connectivity index (χ2n) is 5.83. The van der Waals surface area contributed by atoms with Crippen molar-refractivity contribution in [2.45, 2.75) is 26.9 Å². The van der Waals surface area contributed by atoms with Gasteiger partial charge in [-0.25, -0.2) is 0 Å². The first kappa shape index (κ1) is 18.7. The number of carbonyl (C=O) groups excluding carboxylic acids is 2. The van der Waals surface area contributed by atoms with Gasteiger partial charge in [0.05, 0.1) is 29.2 Å². The van der Waals surface area contributed by atoms with Gasteiger partial charge < -0.3 is 15.1 Å². The number of nitrogens with zero attached hydrogens (tertiary/aromatic N) is 4. The van der Waals surface area contributed by atoms with Crippen molar-refractivity contribution in [3.05, 3.63) is 52.5 Å². The van der Waals surface area contributed by atoms with Gasteiger partial charge in [0.1, 0.15) is 11.5 Å². The predicted octanol–water partition coefficient (Wildman–Crippen LogP) is 2.37. The molecule has 0 spiro atoms. The zero-order valence-corrected chi connectivity index (χ0v) is 15.9. The van der Waals surface area contributed by atoms with Crippen molar-refractivity contribution in [3.63, 3.8) is 0 Å². The molecule has 0 radical (unpaired) electrons. The summed E-state index contributed by atoms with van der Waals surface area (Å²) in [6, 6.07) is 3.49. The third-order valence-electron chi connectivity index (χ3n) is 3.92. The number of nitrogens with one attached hydrogen (secondary N) is 2. The van der Waals surface area contributed by atoms with E-state index >= 15 is 0 Å². The van der Waals surface area contributed by atoms with E-state index in [4.69, 9.17) is 16.0 Å². The third-order valence-corrected chi connectivity index (χ3v) is 4.37. The van der Waals surface area contributed by atoms with Crippen LogP contribution in [0.5, 0.6) is 0 Å². The van der Waals surface area contributed by atoms with Crippen molar-refractivity contribution in [1.29, 1.82) is 0 Å². The number of aryl methyl sites for hydroxylation is 3. The van der Waals surface area contributed by atoms with Gasteiger partial charge >= 0.3 is 0 Å². The summed E-state index contributed by atoms with van der Waals surface area (Å²) in [4.78, 5) is 25.2. The highest BCUT2D eigenvalue weighted by atomic mass is 35.5. The lowest BCUT2D eigenvalue weighted by Gasteiger charge is -2.06.